The Morgan fingerprint density at radius 3 is 2.31 bits per heavy atom. The number of ketones is 1. The van der Waals surface area contributed by atoms with Crippen molar-refractivity contribution in [3.63, 3.8) is 0 Å². The summed E-state index contributed by atoms with van der Waals surface area (Å²) < 4.78 is 5.73. The number of phenolic OH excluding ortho intramolecular Hbond substituents is 2. The van der Waals surface area contributed by atoms with Crippen LogP contribution in [0.3, 0.4) is 0 Å². The summed E-state index contributed by atoms with van der Waals surface area (Å²) >= 11 is 0. The number of Topliss-reactive ketones (excluding diaryl/α,β-unsaturated/α-hetero) is 1. The Morgan fingerprint density at radius 2 is 1.64 bits per heavy atom. The molecule has 0 bridgehead atoms. The number of hydrogen-bond donors (Lipinski definition) is 3. The number of rotatable bonds is 8. The van der Waals surface area contributed by atoms with Crippen LogP contribution in [0.5, 0.6) is 17.2 Å². The summed E-state index contributed by atoms with van der Waals surface area (Å²) in [5, 5.41) is 31.6. The molecule has 7 nitrogen and oxygen atoms in total. The van der Waals surface area contributed by atoms with Crippen molar-refractivity contribution in [1.29, 1.82) is 0 Å². The minimum absolute atomic E-state index is 0.0172. The first kappa shape index (κ1) is 24.9. The second-order valence-corrected chi connectivity index (χ2v) is 8.83. The minimum Gasteiger partial charge on any atom is -0.508 e. The first-order valence-electron chi connectivity index (χ1n) is 11.9. The monoisotopic (exact) mass is 487 g/mol. The number of amides is 1. The lowest BCUT2D eigenvalue weighted by Gasteiger charge is -2.26. The van der Waals surface area contributed by atoms with E-state index in [1.54, 1.807) is 55.5 Å². The van der Waals surface area contributed by atoms with E-state index in [2.05, 4.69) is 6.92 Å². The summed E-state index contributed by atoms with van der Waals surface area (Å²) in [4.78, 5) is 27.7. The Morgan fingerprint density at radius 1 is 0.944 bits per heavy atom. The zero-order valence-electron chi connectivity index (χ0n) is 20.3. The molecule has 1 saturated heterocycles. The summed E-state index contributed by atoms with van der Waals surface area (Å²) in [7, 11) is 0. The van der Waals surface area contributed by atoms with Crippen LogP contribution in [0.1, 0.15) is 48.9 Å². The molecule has 1 fully saturated rings. The van der Waals surface area contributed by atoms with Crippen LogP contribution in [-0.2, 0) is 9.59 Å². The van der Waals surface area contributed by atoms with Gasteiger partial charge >= 0.3 is 0 Å². The van der Waals surface area contributed by atoms with E-state index in [-0.39, 0.29) is 28.5 Å². The molecule has 0 spiro atoms. The normalized spacial score (nSPS) is 16.9. The number of hydrogen-bond acceptors (Lipinski definition) is 6. The number of unbranched alkanes of at least 4 members (excludes halogenated alkanes) is 2. The molecule has 7 heteroatoms. The van der Waals surface area contributed by atoms with Crippen LogP contribution >= 0.6 is 0 Å². The lowest BCUT2D eigenvalue weighted by molar-refractivity contribution is -0.132. The predicted octanol–water partition coefficient (Wildman–Crippen LogP) is 5.60. The lowest BCUT2D eigenvalue weighted by Crippen LogP contribution is -2.29. The van der Waals surface area contributed by atoms with Gasteiger partial charge in [-0.25, -0.2) is 0 Å². The highest BCUT2D eigenvalue weighted by Gasteiger charge is 2.47. The third-order valence-corrected chi connectivity index (χ3v) is 6.19. The fourth-order valence-electron chi connectivity index (χ4n) is 4.29. The Hall–Kier alpha value is -4.26. The van der Waals surface area contributed by atoms with E-state index in [1.165, 1.54) is 23.1 Å². The molecular weight excluding hydrogens is 458 g/mol. The highest BCUT2D eigenvalue weighted by molar-refractivity contribution is 6.51. The van der Waals surface area contributed by atoms with Crippen molar-refractivity contribution in [2.45, 2.75) is 39.2 Å². The lowest BCUT2D eigenvalue weighted by atomic mass is 9.95. The number of aliphatic hydroxyl groups excluding tert-OH is 1. The van der Waals surface area contributed by atoms with Gasteiger partial charge in [-0.3, -0.25) is 14.5 Å². The number of carbonyl (C=O) groups excluding carboxylic acids is 2. The smallest absolute Gasteiger partial charge is 0.300 e. The van der Waals surface area contributed by atoms with Gasteiger partial charge in [-0.1, -0.05) is 38.0 Å². The average molecular weight is 488 g/mol. The van der Waals surface area contributed by atoms with Crippen molar-refractivity contribution in [1.82, 2.24) is 0 Å². The maximum absolute atomic E-state index is 13.3. The van der Waals surface area contributed by atoms with Gasteiger partial charge < -0.3 is 20.1 Å². The van der Waals surface area contributed by atoms with E-state index in [9.17, 15) is 24.9 Å². The van der Waals surface area contributed by atoms with Gasteiger partial charge in [-0.2, -0.15) is 0 Å². The molecule has 1 unspecified atom stereocenters. The van der Waals surface area contributed by atoms with Gasteiger partial charge in [0.25, 0.3) is 11.7 Å². The molecule has 1 aliphatic heterocycles. The van der Waals surface area contributed by atoms with Gasteiger partial charge in [0, 0.05) is 5.56 Å². The zero-order valence-corrected chi connectivity index (χ0v) is 20.3. The number of aromatic hydroxyl groups is 2. The molecule has 1 aliphatic rings. The van der Waals surface area contributed by atoms with Crippen molar-refractivity contribution in [2.75, 3.05) is 11.5 Å². The van der Waals surface area contributed by atoms with E-state index >= 15 is 0 Å². The Bertz CT molecular complexity index is 1290. The van der Waals surface area contributed by atoms with Crippen molar-refractivity contribution in [3.05, 3.63) is 89.0 Å². The number of nitrogens with zero attached hydrogens (tertiary/aromatic N) is 1. The van der Waals surface area contributed by atoms with Gasteiger partial charge in [0.1, 0.15) is 23.0 Å². The molecule has 3 N–H and O–H groups in total. The summed E-state index contributed by atoms with van der Waals surface area (Å²) in [5.74, 6) is -1.58. The quantitative estimate of drug-likeness (QED) is 0.165. The fraction of sp³-hybridized carbons (Fsp3) is 0.241. The summed E-state index contributed by atoms with van der Waals surface area (Å²) in [6.45, 7) is 4.51. The van der Waals surface area contributed by atoms with Crippen LogP contribution in [0.4, 0.5) is 5.69 Å². The number of phenols is 2. The molecule has 0 aliphatic carbocycles. The molecular formula is C29H29NO6. The maximum atomic E-state index is 13.3. The molecule has 3 aromatic carbocycles. The zero-order chi connectivity index (χ0) is 25.8. The molecule has 0 aromatic heterocycles. The van der Waals surface area contributed by atoms with Crippen LogP contribution in [0.2, 0.25) is 0 Å². The Labute approximate surface area is 209 Å². The second-order valence-electron chi connectivity index (χ2n) is 8.83. The van der Waals surface area contributed by atoms with Crippen molar-refractivity contribution in [3.8, 4) is 17.2 Å². The number of carbonyl (C=O) groups is 2. The number of benzene rings is 3. The molecule has 0 saturated carbocycles. The van der Waals surface area contributed by atoms with Gasteiger partial charge in [-0.05, 0) is 73.0 Å². The molecule has 0 radical (unpaired) electrons. The summed E-state index contributed by atoms with van der Waals surface area (Å²) in [6, 6.07) is 16.5. The van der Waals surface area contributed by atoms with Crippen LogP contribution in [0, 0.1) is 6.92 Å². The number of ether oxygens (including phenoxy) is 1. The highest BCUT2D eigenvalue weighted by atomic mass is 16.5. The van der Waals surface area contributed by atoms with Gasteiger partial charge in [0.15, 0.2) is 0 Å². The summed E-state index contributed by atoms with van der Waals surface area (Å²) in [6.07, 6.45) is 3.11. The minimum atomic E-state index is -1.01. The molecule has 1 heterocycles. The predicted molar refractivity (Wildman–Crippen MR) is 137 cm³/mol. The van der Waals surface area contributed by atoms with Crippen LogP contribution in [0.25, 0.3) is 5.76 Å². The van der Waals surface area contributed by atoms with E-state index in [0.717, 1.165) is 24.8 Å². The molecule has 36 heavy (non-hydrogen) atoms. The second kappa shape index (κ2) is 10.6. The third kappa shape index (κ3) is 4.91. The highest BCUT2D eigenvalue weighted by Crippen LogP contribution is 2.45. The summed E-state index contributed by atoms with van der Waals surface area (Å²) in [5.41, 5.74) is 1.67. The first-order valence-corrected chi connectivity index (χ1v) is 11.9. The SMILES string of the molecule is CCCCCOc1ccc(/C(O)=C2\C(=O)C(=O)N(c3cc(C)ccc3O)C2c2ccc(O)cc2)cc1. The topological polar surface area (TPSA) is 107 Å². The van der Waals surface area contributed by atoms with Crippen LogP contribution < -0.4 is 9.64 Å². The van der Waals surface area contributed by atoms with Gasteiger partial charge in [0.05, 0.1) is 23.9 Å². The molecule has 4 rings (SSSR count). The Balaban J connectivity index is 1.78. The fourth-order valence-corrected chi connectivity index (χ4v) is 4.29. The number of aryl methyl sites for hydroxylation is 1. The molecule has 1 amide bonds. The standard InChI is InChI=1S/C29H29NO6/c1-3-4-5-16-36-22-13-9-20(10-14-22)27(33)25-26(19-7-11-21(31)12-8-19)30(29(35)28(25)34)23-17-18(2)6-15-24(23)32/h6-15,17,26,31-33H,3-5,16H2,1-2H3/b27-25+. The van der Waals surface area contributed by atoms with Gasteiger partial charge in [0.2, 0.25) is 0 Å². The van der Waals surface area contributed by atoms with Crippen molar-refractivity contribution >= 4 is 23.1 Å². The third-order valence-electron chi connectivity index (χ3n) is 6.19. The molecule has 3 aromatic rings. The molecule has 186 valence electrons. The first-order chi connectivity index (χ1) is 17.3. The van der Waals surface area contributed by atoms with Crippen LogP contribution in [0.15, 0.2) is 72.3 Å². The van der Waals surface area contributed by atoms with E-state index in [0.29, 0.717) is 23.5 Å². The maximum Gasteiger partial charge on any atom is 0.300 e. The van der Waals surface area contributed by atoms with E-state index in [1.807, 2.05) is 0 Å². The number of anilines is 1. The van der Waals surface area contributed by atoms with Crippen molar-refractivity contribution in [2.24, 2.45) is 0 Å². The average Bonchev–Trinajstić information content (AvgIpc) is 3.14. The number of aliphatic hydroxyl groups is 1. The van der Waals surface area contributed by atoms with Crippen molar-refractivity contribution < 1.29 is 29.6 Å². The van der Waals surface area contributed by atoms with E-state index in [4.69, 9.17) is 4.74 Å². The van der Waals surface area contributed by atoms with E-state index < -0.39 is 17.7 Å². The largest absolute Gasteiger partial charge is 0.508 e. The molecule has 1 atom stereocenters. The van der Waals surface area contributed by atoms with Gasteiger partial charge in [-0.15, -0.1) is 0 Å². The Kier molecular flexibility index (Phi) is 7.29. The van der Waals surface area contributed by atoms with Crippen LogP contribution in [-0.4, -0.2) is 33.6 Å².